The summed E-state index contributed by atoms with van der Waals surface area (Å²) in [5.74, 6) is -0.234. The summed E-state index contributed by atoms with van der Waals surface area (Å²) in [5.41, 5.74) is 1.85. The fraction of sp³-hybridized carbons (Fsp3) is 0.211. The minimum Gasteiger partial charge on any atom is -0.495 e. The number of carbonyl (C=O) groups excluding carboxylic acids is 1. The first-order valence-electron chi connectivity index (χ1n) is 9.32. The molecule has 0 radical (unpaired) electrons. The molecule has 1 amide bonds. The van der Waals surface area contributed by atoms with E-state index in [0.29, 0.717) is 35.3 Å². The molecule has 3 heterocycles. The number of sulfonamides is 1. The Labute approximate surface area is 184 Å². The lowest BCUT2D eigenvalue weighted by Crippen LogP contribution is -2.32. The van der Waals surface area contributed by atoms with Gasteiger partial charge in [0.1, 0.15) is 10.6 Å². The van der Waals surface area contributed by atoms with Crippen LogP contribution in [-0.4, -0.2) is 56.8 Å². The zero-order valence-corrected chi connectivity index (χ0v) is 18.7. The molecule has 2 N–H and O–H groups in total. The van der Waals surface area contributed by atoms with Crippen LogP contribution in [0.2, 0.25) is 0 Å². The Bertz CT molecular complexity index is 1430. The Kier molecular flexibility index (Phi) is 5.38. The van der Waals surface area contributed by atoms with Crippen LogP contribution in [0.3, 0.4) is 0 Å². The monoisotopic (exact) mass is 477 g/mol. The summed E-state index contributed by atoms with van der Waals surface area (Å²) in [6.45, 7) is 0.476. The Balaban J connectivity index is 1.72. The molecule has 0 aliphatic carbocycles. The van der Waals surface area contributed by atoms with Gasteiger partial charge in [0, 0.05) is 18.5 Å². The van der Waals surface area contributed by atoms with Gasteiger partial charge in [-0.2, -0.15) is 9.19 Å². The summed E-state index contributed by atoms with van der Waals surface area (Å²) in [5, 5.41) is 6.49. The van der Waals surface area contributed by atoms with Crippen LogP contribution in [0, 0.1) is 0 Å². The zero-order valence-electron chi connectivity index (χ0n) is 17.1. The number of fused-ring (bicyclic) bond motifs is 1. The molecule has 13 heteroatoms. The minimum absolute atomic E-state index is 0.0837. The summed E-state index contributed by atoms with van der Waals surface area (Å²) in [6.07, 6.45) is 5.52. The Morgan fingerprint density at radius 2 is 1.91 bits per heavy atom. The number of nitrogens with one attached hydrogen (secondary N) is 2. The number of amides is 1. The molecule has 0 unspecified atom stereocenters. The van der Waals surface area contributed by atoms with E-state index in [2.05, 4.69) is 20.1 Å². The van der Waals surface area contributed by atoms with E-state index < -0.39 is 20.0 Å². The van der Waals surface area contributed by atoms with Gasteiger partial charge in [0.2, 0.25) is 0 Å². The highest BCUT2D eigenvalue weighted by atomic mass is 32.2. The highest BCUT2D eigenvalue weighted by molar-refractivity contribution is 7.92. The number of methoxy groups -OCH3 is 1. The maximum Gasteiger partial charge on any atom is 0.265 e. The second kappa shape index (κ2) is 7.91. The molecule has 0 saturated heterocycles. The third-order valence-corrected chi connectivity index (χ3v) is 7.08. The van der Waals surface area contributed by atoms with Crippen LogP contribution in [0.25, 0.3) is 11.1 Å². The van der Waals surface area contributed by atoms with Gasteiger partial charge in [-0.05, 0) is 23.8 Å². The summed E-state index contributed by atoms with van der Waals surface area (Å²) >= 11 is 0. The number of aromatic nitrogens is 3. The number of nitrogens with zero attached hydrogens (tertiary/aromatic N) is 3. The molecule has 0 bridgehead atoms. The standard InChI is InChI=1S/C19H19N5O6S2/c1-30-17-4-3-12(13-9-22-24(11-13)31(2,26)27)7-18(17)32(28,29)23-14-8-15-16(21-10-14)5-6-20-19(15)25/h3-4,7-11,23H,5-6H2,1-2H3,(H,20,25). The molecular formula is C19H19N5O6S2. The molecule has 1 aliphatic rings. The van der Waals surface area contributed by atoms with Gasteiger partial charge in [0.05, 0.1) is 48.9 Å². The topological polar surface area (TPSA) is 149 Å². The van der Waals surface area contributed by atoms with Crippen molar-refractivity contribution in [2.24, 2.45) is 0 Å². The van der Waals surface area contributed by atoms with E-state index in [1.54, 1.807) is 6.07 Å². The zero-order chi connectivity index (χ0) is 23.1. The van der Waals surface area contributed by atoms with Crippen LogP contribution in [0.1, 0.15) is 16.1 Å². The second-order valence-electron chi connectivity index (χ2n) is 7.06. The van der Waals surface area contributed by atoms with Gasteiger partial charge < -0.3 is 10.1 Å². The number of benzene rings is 1. The summed E-state index contributed by atoms with van der Waals surface area (Å²) in [4.78, 5) is 16.1. The van der Waals surface area contributed by atoms with Crippen LogP contribution in [-0.2, 0) is 26.5 Å². The molecule has 3 aromatic rings. The Hall–Kier alpha value is -3.45. The largest absolute Gasteiger partial charge is 0.495 e. The van der Waals surface area contributed by atoms with E-state index in [1.807, 2.05) is 0 Å². The lowest BCUT2D eigenvalue weighted by Gasteiger charge is -2.17. The smallest absolute Gasteiger partial charge is 0.265 e. The van der Waals surface area contributed by atoms with Gasteiger partial charge >= 0.3 is 0 Å². The van der Waals surface area contributed by atoms with Crippen molar-refractivity contribution in [3.05, 3.63) is 54.1 Å². The molecule has 0 atom stereocenters. The molecule has 4 rings (SSSR count). The number of hydrogen-bond donors (Lipinski definition) is 2. The van der Waals surface area contributed by atoms with E-state index in [9.17, 15) is 21.6 Å². The van der Waals surface area contributed by atoms with E-state index in [-0.39, 0.29) is 22.2 Å². The van der Waals surface area contributed by atoms with Crippen LogP contribution in [0.15, 0.2) is 47.8 Å². The van der Waals surface area contributed by atoms with Crippen molar-refractivity contribution in [1.29, 1.82) is 0 Å². The van der Waals surface area contributed by atoms with Crippen LogP contribution < -0.4 is 14.8 Å². The molecule has 0 spiro atoms. The first-order valence-corrected chi connectivity index (χ1v) is 12.7. The Morgan fingerprint density at radius 3 is 2.59 bits per heavy atom. The number of anilines is 1. The molecule has 2 aromatic heterocycles. The number of hydrogen-bond acceptors (Lipinski definition) is 8. The van der Waals surface area contributed by atoms with Crippen molar-refractivity contribution in [2.75, 3.05) is 24.6 Å². The van der Waals surface area contributed by atoms with Gasteiger partial charge in [0.25, 0.3) is 26.0 Å². The highest BCUT2D eigenvalue weighted by Crippen LogP contribution is 2.31. The van der Waals surface area contributed by atoms with Gasteiger partial charge in [-0.3, -0.25) is 14.5 Å². The van der Waals surface area contributed by atoms with Crippen LogP contribution in [0.4, 0.5) is 5.69 Å². The molecule has 168 valence electrons. The first kappa shape index (κ1) is 21.8. The molecule has 11 nitrogen and oxygen atoms in total. The third kappa shape index (κ3) is 4.16. The summed E-state index contributed by atoms with van der Waals surface area (Å²) < 4.78 is 58.1. The van der Waals surface area contributed by atoms with E-state index >= 15 is 0 Å². The van der Waals surface area contributed by atoms with Crippen molar-refractivity contribution in [2.45, 2.75) is 11.3 Å². The molecule has 1 aliphatic heterocycles. The van der Waals surface area contributed by atoms with Gasteiger partial charge in [-0.1, -0.05) is 6.07 Å². The first-order chi connectivity index (χ1) is 15.1. The average Bonchev–Trinajstić information content (AvgIpc) is 3.24. The summed E-state index contributed by atoms with van der Waals surface area (Å²) in [6, 6.07) is 5.83. The third-order valence-electron chi connectivity index (χ3n) is 4.80. The van der Waals surface area contributed by atoms with Crippen molar-refractivity contribution in [1.82, 2.24) is 19.5 Å². The normalized spacial score (nSPS) is 13.9. The van der Waals surface area contributed by atoms with E-state index in [4.69, 9.17) is 4.74 Å². The van der Waals surface area contributed by atoms with Gasteiger partial charge in [-0.15, -0.1) is 0 Å². The molecule has 32 heavy (non-hydrogen) atoms. The van der Waals surface area contributed by atoms with E-state index in [1.165, 1.54) is 43.9 Å². The fourth-order valence-electron chi connectivity index (χ4n) is 3.25. The summed E-state index contributed by atoms with van der Waals surface area (Å²) in [7, 11) is -6.39. The van der Waals surface area contributed by atoms with Crippen molar-refractivity contribution in [3.8, 4) is 16.9 Å². The molecule has 0 saturated carbocycles. The molecular weight excluding hydrogens is 458 g/mol. The number of rotatable bonds is 6. The van der Waals surface area contributed by atoms with Crippen LogP contribution in [0.5, 0.6) is 5.75 Å². The average molecular weight is 478 g/mol. The molecule has 1 aromatic carbocycles. The second-order valence-corrected chi connectivity index (χ2v) is 10.6. The van der Waals surface area contributed by atoms with Crippen LogP contribution >= 0.6 is 0 Å². The lowest BCUT2D eigenvalue weighted by molar-refractivity contribution is 0.0945. The van der Waals surface area contributed by atoms with Crippen molar-refractivity contribution < 1.29 is 26.4 Å². The van der Waals surface area contributed by atoms with Crippen molar-refractivity contribution >= 4 is 31.6 Å². The maximum absolute atomic E-state index is 13.1. The number of pyridine rings is 1. The van der Waals surface area contributed by atoms with Crippen molar-refractivity contribution in [3.63, 3.8) is 0 Å². The lowest BCUT2D eigenvalue weighted by atomic mass is 10.1. The fourth-order valence-corrected chi connectivity index (χ4v) is 5.00. The Morgan fingerprint density at radius 1 is 1.12 bits per heavy atom. The predicted molar refractivity (Wildman–Crippen MR) is 116 cm³/mol. The number of carbonyl (C=O) groups is 1. The quantitative estimate of drug-likeness (QED) is 0.531. The highest BCUT2D eigenvalue weighted by Gasteiger charge is 2.24. The molecule has 0 fully saturated rings. The SMILES string of the molecule is COc1ccc(-c2cnn(S(C)(=O)=O)c2)cc1S(=O)(=O)Nc1cnc2c(c1)C(=O)NCC2. The van der Waals surface area contributed by atoms with Gasteiger partial charge in [-0.25, -0.2) is 16.8 Å². The maximum atomic E-state index is 13.1. The van der Waals surface area contributed by atoms with Gasteiger partial charge in [0.15, 0.2) is 0 Å². The van der Waals surface area contributed by atoms with E-state index in [0.717, 1.165) is 10.3 Å². The predicted octanol–water partition coefficient (Wildman–Crippen LogP) is 0.848. The number of ether oxygens (including phenoxy) is 1. The minimum atomic E-state index is -4.14.